The molecule has 6 nitrogen and oxygen atoms in total. The number of sulfone groups is 1. The third-order valence-electron chi connectivity index (χ3n) is 3.66. The van der Waals surface area contributed by atoms with Gasteiger partial charge in [0.15, 0.2) is 9.84 Å². The van der Waals surface area contributed by atoms with Gasteiger partial charge >= 0.3 is 5.97 Å². The number of ether oxygens (including phenoxy) is 1. The van der Waals surface area contributed by atoms with Gasteiger partial charge in [-0.2, -0.15) is 0 Å². The number of esters is 1. The Kier molecular flexibility index (Phi) is 6.20. The van der Waals surface area contributed by atoms with E-state index in [0.29, 0.717) is 15.4 Å². The van der Waals surface area contributed by atoms with Crippen molar-refractivity contribution in [1.82, 2.24) is 0 Å². The van der Waals surface area contributed by atoms with Gasteiger partial charge in [-0.05, 0) is 57.5 Å². The average Bonchev–Trinajstić information content (AvgIpc) is 2.95. The molecule has 2 aromatic rings. The van der Waals surface area contributed by atoms with Crippen molar-refractivity contribution in [3.8, 4) is 0 Å². The largest absolute Gasteiger partial charge is 0.462 e. The molecule has 0 bridgehead atoms. The number of thiophene rings is 1. The molecule has 0 unspecified atom stereocenters. The molecule has 1 amide bonds. The molecule has 0 aliphatic heterocycles. The van der Waals surface area contributed by atoms with E-state index in [1.165, 1.54) is 18.2 Å². The number of carbonyl (C=O) groups excluding carboxylic acids is 2. The van der Waals surface area contributed by atoms with Gasteiger partial charge in [0.25, 0.3) is 5.91 Å². The van der Waals surface area contributed by atoms with Crippen LogP contribution in [0.25, 0.3) is 0 Å². The van der Waals surface area contributed by atoms with Crippen molar-refractivity contribution in [2.75, 3.05) is 11.9 Å². The molecule has 0 spiro atoms. The summed E-state index contributed by atoms with van der Waals surface area (Å²) in [5.74, 6) is -0.872. The second kappa shape index (κ2) is 8.01. The van der Waals surface area contributed by atoms with E-state index in [0.717, 1.165) is 11.3 Å². The van der Waals surface area contributed by atoms with Gasteiger partial charge in [0, 0.05) is 5.56 Å². The summed E-state index contributed by atoms with van der Waals surface area (Å²) in [6.45, 7) is 6.94. The van der Waals surface area contributed by atoms with E-state index in [4.69, 9.17) is 4.74 Å². The fraction of sp³-hybridized carbons (Fsp3) is 0.333. The standard InChI is InChI=1S/C18H21NO5S2/c1-5-24-18(21)16-12(4)9-15(25-16)19-17(20)13-7-6-8-14(10-13)26(22,23)11(2)3/h6-11H,5H2,1-4H3,(H,19,20). The lowest BCUT2D eigenvalue weighted by atomic mass is 10.2. The maximum atomic E-state index is 12.5. The summed E-state index contributed by atoms with van der Waals surface area (Å²) in [7, 11) is -3.46. The van der Waals surface area contributed by atoms with Gasteiger partial charge in [-0.15, -0.1) is 11.3 Å². The number of hydrogen-bond donors (Lipinski definition) is 1. The van der Waals surface area contributed by atoms with Crippen LogP contribution >= 0.6 is 11.3 Å². The maximum Gasteiger partial charge on any atom is 0.348 e. The second-order valence-corrected chi connectivity index (χ2v) is 9.48. The van der Waals surface area contributed by atoms with E-state index in [1.807, 2.05) is 0 Å². The average molecular weight is 396 g/mol. The summed E-state index contributed by atoms with van der Waals surface area (Å²) in [6, 6.07) is 7.59. The van der Waals surface area contributed by atoms with Crippen LogP contribution in [-0.4, -0.2) is 32.2 Å². The monoisotopic (exact) mass is 395 g/mol. The third kappa shape index (κ3) is 4.31. The highest BCUT2D eigenvalue weighted by atomic mass is 32.2. The van der Waals surface area contributed by atoms with E-state index in [1.54, 1.807) is 39.8 Å². The Hall–Kier alpha value is -2.19. The third-order valence-corrected chi connectivity index (χ3v) is 6.95. The summed E-state index contributed by atoms with van der Waals surface area (Å²) < 4.78 is 29.5. The molecule has 0 aliphatic rings. The van der Waals surface area contributed by atoms with Gasteiger partial charge < -0.3 is 10.1 Å². The number of rotatable bonds is 6. The van der Waals surface area contributed by atoms with Crippen molar-refractivity contribution >= 4 is 38.1 Å². The predicted molar refractivity (Wildman–Crippen MR) is 102 cm³/mol. The van der Waals surface area contributed by atoms with E-state index < -0.39 is 27.0 Å². The molecule has 0 radical (unpaired) electrons. The van der Waals surface area contributed by atoms with Crippen molar-refractivity contribution in [2.45, 2.75) is 37.8 Å². The number of anilines is 1. The molecule has 1 N–H and O–H groups in total. The molecule has 26 heavy (non-hydrogen) atoms. The number of carbonyl (C=O) groups is 2. The highest BCUT2D eigenvalue weighted by Crippen LogP contribution is 2.28. The lowest BCUT2D eigenvalue weighted by Gasteiger charge is -2.09. The van der Waals surface area contributed by atoms with Crippen molar-refractivity contribution < 1.29 is 22.7 Å². The van der Waals surface area contributed by atoms with Crippen LogP contribution in [0.4, 0.5) is 5.00 Å². The van der Waals surface area contributed by atoms with Gasteiger partial charge in [-0.3, -0.25) is 4.79 Å². The number of hydrogen-bond acceptors (Lipinski definition) is 6. The Morgan fingerprint density at radius 1 is 1.23 bits per heavy atom. The van der Waals surface area contributed by atoms with Crippen LogP contribution in [0.3, 0.4) is 0 Å². The first-order valence-electron chi connectivity index (χ1n) is 8.09. The fourth-order valence-electron chi connectivity index (χ4n) is 2.21. The Balaban J connectivity index is 2.24. The second-order valence-electron chi connectivity index (χ2n) is 5.92. The summed E-state index contributed by atoms with van der Waals surface area (Å²) >= 11 is 1.12. The van der Waals surface area contributed by atoms with Crippen LogP contribution in [0.5, 0.6) is 0 Å². The molecule has 1 aromatic carbocycles. The Morgan fingerprint density at radius 2 is 1.92 bits per heavy atom. The predicted octanol–water partition coefficient (Wildman–Crippen LogP) is 3.67. The highest BCUT2D eigenvalue weighted by Gasteiger charge is 2.21. The van der Waals surface area contributed by atoms with E-state index in [2.05, 4.69) is 5.32 Å². The summed E-state index contributed by atoms with van der Waals surface area (Å²) in [5.41, 5.74) is 0.940. The normalized spacial score (nSPS) is 11.4. The van der Waals surface area contributed by atoms with Gasteiger partial charge in [-0.25, -0.2) is 13.2 Å². The molecule has 8 heteroatoms. The minimum absolute atomic E-state index is 0.106. The molecule has 0 aliphatic carbocycles. The molecular weight excluding hydrogens is 374 g/mol. The van der Waals surface area contributed by atoms with E-state index in [-0.39, 0.29) is 17.1 Å². The number of aryl methyl sites for hydroxylation is 1. The van der Waals surface area contributed by atoms with Crippen molar-refractivity contribution in [1.29, 1.82) is 0 Å². The first-order chi connectivity index (χ1) is 12.2. The van der Waals surface area contributed by atoms with Gasteiger partial charge in [0.2, 0.25) is 0 Å². The molecule has 1 heterocycles. The van der Waals surface area contributed by atoms with Gasteiger partial charge in [0.1, 0.15) is 4.88 Å². The summed E-state index contributed by atoms with van der Waals surface area (Å²) in [6.07, 6.45) is 0. The number of benzene rings is 1. The van der Waals surface area contributed by atoms with Gasteiger partial charge in [0.05, 0.1) is 21.8 Å². The molecular formula is C18H21NO5S2. The lowest BCUT2D eigenvalue weighted by molar-refractivity contribution is 0.0531. The van der Waals surface area contributed by atoms with Crippen LogP contribution in [0.15, 0.2) is 35.2 Å². The van der Waals surface area contributed by atoms with Crippen molar-refractivity contribution in [3.63, 3.8) is 0 Å². The molecule has 0 atom stereocenters. The molecule has 2 rings (SSSR count). The molecule has 0 fully saturated rings. The molecule has 0 saturated carbocycles. The number of nitrogens with one attached hydrogen (secondary N) is 1. The molecule has 140 valence electrons. The van der Waals surface area contributed by atoms with Crippen LogP contribution in [0, 0.1) is 6.92 Å². The highest BCUT2D eigenvalue weighted by molar-refractivity contribution is 7.92. The minimum atomic E-state index is -3.46. The smallest absolute Gasteiger partial charge is 0.348 e. The Labute approximate surface area is 157 Å². The van der Waals surface area contributed by atoms with Crippen molar-refractivity contribution in [3.05, 3.63) is 46.3 Å². The zero-order valence-corrected chi connectivity index (χ0v) is 16.7. The Bertz CT molecular complexity index is 929. The van der Waals surface area contributed by atoms with E-state index in [9.17, 15) is 18.0 Å². The summed E-state index contributed by atoms with van der Waals surface area (Å²) in [4.78, 5) is 24.9. The lowest BCUT2D eigenvalue weighted by Crippen LogP contribution is -2.16. The summed E-state index contributed by atoms with van der Waals surface area (Å²) in [5, 5.41) is 2.62. The number of amides is 1. The Morgan fingerprint density at radius 3 is 2.54 bits per heavy atom. The first-order valence-corrected chi connectivity index (χ1v) is 10.5. The fourth-order valence-corrected chi connectivity index (χ4v) is 4.28. The van der Waals surface area contributed by atoms with E-state index >= 15 is 0 Å². The topological polar surface area (TPSA) is 89.5 Å². The maximum absolute atomic E-state index is 12.5. The van der Waals surface area contributed by atoms with Crippen molar-refractivity contribution in [2.24, 2.45) is 0 Å². The first kappa shape index (κ1) is 20.1. The van der Waals surface area contributed by atoms with Crippen LogP contribution < -0.4 is 5.32 Å². The minimum Gasteiger partial charge on any atom is -0.462 e. The van der Waals surface area contributed by atoms with Crippen LogP contribution in [0.2, 0.25) is 0 Å². The van der Waals surface area contributed by atoms with Crippen LogP contribution in [0.1, 0.15) is 46.4 Å². The SMILES string of the molecule is CCOC(=O)c1sc(NC(=O)c2cccc(S(=O)(=O)C(C)C)c2)cc1C. The molecule has 0 saturated heterocycles. The quantitative estimate of drug-likeness (QED) is 0.754. The zero-order chi connectivity index (χ0) is 19.5. The van der Waals surface area contributed by atoms with Crippen LogP contribution in [-0.2, 0) is 14.6 Å². The molecule has 1 aromatic heterocycles. The van der Waals surface area contributed by atoms with Gasteiger partial charge in [-0.1, -0.05) is 6.07 Å². The zero-order valence-electron chi connectivity index (χ0n) is 15.0.